The lowest BCUT2D eigenvalue weighted by Gasteiger charge is -2.34. The van der Waals surface area contributed by atoms with Crippen molar-refractivity contribution in [2.24, 2.45) is 11.3 Å². The van der Waals surface area contributed by atoms with Crippen LogP contribution >= 0.6 is 0 Å². The molecule has 0 fully saturated rings. The second-order valence-electron chi connectivity index (χ2n) is 6.94. The number of carbonyl (C=O) groups is 1. The van der Waals surface area contributed by atoms with E-state index in [9.17, 15) is 9.90 Å². The lowest BCUT2D eigenvalue weighted by atomic mass is 9.71. The van der Waals surface area contributed by atoms with Gasteiger partial charge in [0, 0.05) is 16.6 Å². The molecule has 1 aromatic carbocycles. The minimum atomic E-state index is -1.11. The van der Waals surface area contributed by atoms with Crippen molar-refractivity contribution in [3.8, 4) is 0 Å². The van der Waals surface area contributed by atoms with Crippen molar-refractivity contribution < 1.29 is 9.90 Å². The molecule has 3 rings (SSSR count). The van der Waals surface area contributed by atoms with Crippen molar-refractivity contribution >= 4 is 16.9 Å². The van der Waals surface area contributed by atoms with Crippen molar-refractivity contribution in [1.82, 2.24) is 4.98 Å². The zero-order valence-electron chi connectivity index (χ0n) is 12.2. The number of rotatable bonds is 1. The van der Waals surface area contributed by atoms with Gasteiger partial charge in [0.05, 0.1) is 5.97 Å². The Hall–Kier alpha value is -1.77. The summed E-state index contributed by atoms with van der Waals surface area (Å²) in [7, 11) is 0. The smallest absolute Gasteiger partial charge is 0.0715 e. The van der Waals surface area contributed by atoms with Crippen molar-refractivity contribution in [2.75, 3.05) is 0 Å². The van der Waals surface area contributed by atoms with Gasteiger partial charge >= 0.3 is 0 Å². The molecule has 1 N–H and O–H groups in total. The molecule has 1 aromatic heterocycles. The molecule has 106 valence electrons. The number of H-pyrrole nitrogens is 1. The van der Waals surface area contributed by atoms with E-state index in [1.807, 2.05) is 6.07 Å². The highest BCUT2D eigenvalue weighted by Gasteiger charge is 2.30. The molecular weight excluding hydrogens is 250 g/mol. The molecule has 0 saturated carbocycles. The molecule has 0 spiro atoms. The molecule has 1 heterocycles. The van der Waals surface area contributed by atoms with Crippen molar-refractivity contribution in [3.05, 3.63) is 35.0 Å². The average molecular weight is 270 g/mol. The predicted octanol–water partition coefficient (Wildman–Crippen LogP) is 2.68. The van der Waals surface area contributed by atoms with Crippen LogP contribution in [0.3, 0.4) is 0 Å². The van der Waals surface area contributed by atoms with Crippen LogP contribution in [0.5, 0.6) is 0 Å². The summed E-state index contributed by atoms with van der Waals surface area (Å²) >= 11 is 0. The average Bonchev–Trinajstić information content (AvgIpc) is 2.74. The van der Waals surface area contributed by atoms with Crippen LogP contribution < -0.4 is 5.11 Å². The third-order valence-electron chi connectivity index (χ3n) is 4.65. The number of aromatic nitrogens is 1. The molecule has 3 heteroatoms. The van der Waals surface area contributed by atoms with E-state index >= 15 is 0 Å². The Labute approximate surface area is 119 Å². The van der Waals surface area contributed by atoms with Crippen LogP contribution in [0.4, 0.5) is 0 Å². The van der Waals surface area contributed by atoms with E-state index in [4.69, 9.17) is 0 Å². The molecule has 20 heavy (non-hydrogen) atoms. The number of carboxylic acid groups (broad SMARTS) is 1. The van der Waals surface area contributed by atoms with Crippen LogP contribution in [-0.2, 0) is 12.8 Å². The monoisotopic (exact) mass is 270 g/mol. The fourth-order valence-electron chi connectivity index (χ4n) is 3.28. The van der Waals surface area contributed by atoms with Gasteiger partial charge in [0.2, 0.25) is 0 Å². The number of aromatic amines is 1. The number of nitrogens with one attached hydrogen (secondary N) is 1. The highest BCUT2D eigenvalue weighted by molar-refractivity contribution is 5.94. The molecule has 0 saturated heterocycles. The molecule has 1 unspecified atom stereocenters. The van der Waals surface area contributed by atoms with Crippen molar-refractivity contribution in [2.45, 2.75) is 40.0 Å². The summed E-state index contributed by atoms with van der Waals surface area (Å²) in [5.74, 6) is -0.467. The molecule has 1 atom stereocenters. The number of carboxylic acids is 1. The van der Waals surface area contributed by atoms with E-state index in [1.165, 1.54) is 17.7 Å². The summed E-state index contributed by atoms with van der Waals surface area (Å²) in [4.78, 5) is 14.5. The maximum atomic E-state index is 11.0. The maximum absolute atomic E-state index is 11.0. The number of hydrogen-bond acceptors (Lipinski definition) is 2. The molecule has 3 nitrogen and oxygen atoms in total. The van der Waals surface area contributed by atoms with E-state index in [0.717, 1.165) is 23.7 Å². The Balaban J connectivity index is 2.09. The van der Waals surface area contributed by atoms with Gasteiger partial charge in [0.1, 0.15) is 0 Å². The Morgan fingerprint density at radius 3 is 2.75 bits per heavy atom. The van der Waals surface area contributed by atoms with E-state index in [-0.39, 0.29) is 11.0 Å². The Morgan fingerprint density at radius 1 is 1.35 bits per heavy atom. The highest BCUT2D eigenvalue weighted by Crippen LogP contribution is 2.39. The zero-order valence-corrected chi connectivity index (χ0v) is 12.2. The highest BCUT2D eigenvalue weighted by atomic mass is 16.4. The van der Waals surface area contributed by atoms with Gasteiger partial charge in [-0.15, -0.1) is 0 Å². The van der Waals surface area contributed by atoms with Crippen molar-refractivity contribution in [3.63, 3.8) is 0 Å². The maximum Gasteiger partial charge on any atom is 0.0715 e. The van der Waals surface area contributed by atoms with Crippen LogP contribution in [0.25, 0.3) is 10.9 Å². The number of fused-ring (bicyclic) bond motifs is 3. The second-order valence-corrected chi connectivity index (χ2v) is 6.94. The van der Waals surface area contributed by atoms with Crippen LogP contribution in [0, 0.1) is 11.3 Å². The van der Waals surface area contributed by atoms with E-state index in [1.54, 1.807) is 12.1 Å². The number of hydrogen-bond donors (Lipinski definition) is 1. The minimum Gasteiger partial charge on any atom is -0.545 e. The van der Waals surface area contributed by atoms with Gasteiger partial charge in [-0.1, -0.05) is 26.8 Å². The number of carbonyl (C=O) groups excluding carboxylic acids is 1. The molecule has 1 aliphatic rings. The first-order valence-corrected chi connectivity index (χ1v) is 7.21. The van der Waals surface area contributed by atoms with Gasteiger partial charge in [-0.05, 0) is 53.9 Å². The standard InChI is InChI=1S/C17H21NO2/c1-17(2,3)11-5-7-15-13(9-11)12-8-10(16(19)20)4-6-14(12)18-15/h4,6,8,11,18H,5,7,9H2,1-3H3,(H,19,20)/p-1. The summed E-state index contributed by atoms with van der Waals surface area (Å²) in [5, 5.41) is 12.1. The third-order valence-corrected chi connectivity index (χ3v) is 4.65. The predicted molar refractivity (Wildman–Crippen MR) is 77.6 cm³/mol. The van der Waals surface area contributed by atoms with Crippen LogP contribution in [0.2, 0.25) is 0 Å². The summed E-state index contributed by atoms with van der Waals surface area (Å²) in [6.07, 6.45) is 3.26. The topological polar surface area (TPSA) is 55.9 Å². The molecular formula is C17H20NO2-. The molecule has 1 aliphatic carbocycles. The molecule has 0 bridgehead atoms. The van der Waals surface area contributed by atoms with E-state index in [0.29, 0.717) is 5.92 Å². The van der Waals surface area contributed by atoms with E-state index < -0.39 is 5.97 Å². The third kappa shape index (κ3) is 2.11. The second kappa shape index (κ2) is 4.37. The largest absolute Gasteiger partial charge is 0.545 e. The van der Waals surface area contributed by atoms with E-state index in [2.05, 4.69) is 25.8 Å². The molecule has 0 radical (unpaired) electrons. The fourth-order valence-corrected chi connectivity index (χ4v) is 3.28. The fraction of sp³-hybridized carbons (Fsp3) is 0.471. The SMILES string of the molecule is CC(C)(C)C1CCc2[nH]c3ccc(C(=O)[O-])cc3c2C1. The van der Waals surface area contributed by atoms with Gasteiger partial charge in [-0.25, -0.2) is 0 Å². The Morgan fingerprint density at radius 2 is 2.10 bits per heavy atom. The van der Waals surface area contributed by atoms with Gasteiger partial charge in [-0.3, -0.25) is 0 Å². The van der Waals surface area contributed by atoms with Crippen LogP contribution in [0.15, 0.2) is 18.2 Å². The summed E-state index contributed by atoms with van der Waals surface area (Å²) in [6, 6.07) is 5.22. The zero-order chi connectivity index (χ0) is 14.5. The lowest BCUT2D eigenvalue weighted by Crippen LogP contribution is -2.26. The van der Waals surface area contributed by atoms with Gasteiger partial charge < -0.3 is 14.9 Å². The number of aryl methyl sites for hydroxylation is 1. The Kier molecular flexibility index (Phi) is 2.89. The lowest BCUT2D eigenvalue weighted by molar-refractivity contribution is -0.255. The van der Waals surface area contributed by atoms with Gasteiger partial charge in [-0.2, -0.15) is 0 Å². The van der Waals surface area contributed by atoms with Gasteiger partial charge in [0.25, 0.3) is 0 Å². The molecule has 0 amide bonds. The van der Waals surface area contributed by atoms with Crippen molar-refractivity contribution in [1.29, 1.82) is 0 Å². The number of aromatic carboxylic acids is 1. The molecule has 2 aromatic rings. The first kappa shape index (κ1) is 13.2. The number of benzene rings is 1. The summed E-state index contributed by atoms with van der Waals surface area (Å²) in [6.45, 7) is 6.85. The van der Waals surface area contributed by atoms with Gasteiger partial charge in [0.15, 0.2) is 0 Å². The quantitative estimate of drug-likeness (QED) is 0.866. The van der Waals surface area contributed by atoms with Crippen LogP contribution in [-0.4, -0.2) is 11.0 Å². The first-order valence-electron chi connectivity index (χ1n) is 7.21. The minimum absolute atomic E-state index is 0.261. The Bertz CT molecular complexity index is 676. The summed E-state index contributed by atoms with van der Waals surface area (Å²) < 4.78 is 0. The first-order chi connectivity index (χ1) is 9.36. The summed E-state index contributed by atoms with van der Waals surface area (Å²) in [5.41, 5.74) is 4.16. The molecule has 0 aliphatic heterocycles. The van der Waals surface area contributed by atoms with Crippen LogP contribution in [0.1, 0.15) is 48.8 Å². The normalized spacial score (nSPS) is 19.1.